The van der Waals surface area contributed by atoms with Gasteiger partial charge >= 0.3 is 6.18 Å². The van der Waals surface area contributed by atoms with Crippen LogP contribution in [0.2, 0.25) is 0 Å². The molecule has 0 aromatic rings. The van der Waals surface area contributed by atoms with Crippen LogP contribution in [0.4, 0.5) is 13.2 Å². The average Bonchev–Trinajstić information content (AvgIpc) is 1.97. The Kier molecular flexibility index (Phi) is 4.55. The summed E-state index contributed by atoms with van der Waals surface area (Å²) in [6.45, 7) is 3.30. The van der Waals surface area contributed by atoms with Crippen LogP contribution in [0.15, 0.2) is 0 Å². The first-order chi connectivity index (χ1) is 5.43. The highest BCUT2D eigenvalue weighted by Gasteiger charge is 2.43. The van der Waals surface area contributed by atoms with Gasteiger partial charge in [0.15, 0.2) is 6.10 Å². The van der Waals surface area contributed by atoms with Gasteiger partial charge in [0.05, 0.1) is 6.10 Å². The number of aliphatic hydroxyl groups excluding tert-OH is 1. The van der Waals surface area contributed by atoms with E-state index in [0.29, 0.717) is 0 Å². The van der Waals surface area contributed by atoms with Crippen LogP contribution in [-0.2, 0) is 4.74 Å². The van der Waals surface area contributed by atoms with Crippen LogP contribution in [0.1, 0.15) is 20.3 Å². The lowest BCUT2D eigenvalue weighted by Crippen LogP contribution is -2.40. The lowest BCUT2D eigenvalue weighted by atomic mass is 10.1. The zero-order chi connectivity index (χ0) is 9.78. The number of ether oxygens (including phenoxy) is 1. The van der Waals surface area contributed by atoms with Crippen LogP contribution in [0, 0.1) is 0 Å². The molecule has 0 aromatic carbocycles. The fourth-order valence-electron chi connectivity index (χ4n) is 0.857. The van der Waals surface area contributed by atoms with Gasteiger partial charge in [-0.15, -0.1) is 0 Å². The van der Waals surface area contributed by atoms with Crippen molar-refractivity contribution in [1.29, 1.82) is 0 Å². The average molecular weight is 186 g/mol. The molecule has 0 amide bonds. The molecule has 0 heterocycles. The van der Waals surface area contributed by atoms with Gasteiger partial charge in [0, 0.05) is 6.61 Å². The van der Waals surface area contributed by atoms with E-state index >= 15 is 0 Å². The van der Waals surface area contributed by atoms with E-state index in [2.05, 4.69) is 0 Å². The molecule has 12 heavy (non-hydrogen) atoms. The topological polar surface area (TPSA) is 29.5 Å². The number of rotatable bonds is 4. The maximum absolute atomic E-state index is 11.9. The molecular weight excluding hydrogens is 173 g/mol. The summed E-state index contributed by atoms with van der Waals surface area (Å²) in [5.41, 5.74) is 0. The van der Waals surface area contributed by atoms with Gasteiger partial charge in [-0.25, -0.2) is 0 Å². The molecule has 74 valence electrons. The van der Waals surface area contributed by atoms with Crippen molar-refractivity contribution < 1.29 is 23.0 Å². The van der Waals surface area contributed by atoms with Crippen molar-refractivity contribution >= 4 is 0 Å². The van der Waals surface area contributed by atoms with E-state index in [4.69, 9.17) is 9.84 Å². The van der Waals surface area contributed by atoms with E-state index in [9.17, 15) is 13.2 Å². The normalized spacial score (nSPS) is 17.5. The van der Waals surface area contributed by atoms with Crippen LogP contribution in [0.5, 0.6) is 0 Å². The Balaban J connectivity index is 4.11. The lowest BCUT2D eigenvalue weighted by Gasteiger charge is -2.23. The number of hydrogen-bond acceptors (Lipinski definition) is 2. The Morgan fingerprint density at radius 2 is 1.83 bits per heavy atom. The molecule has 0 radical (unpaired) electrons. The van der Waals surface area contributed by atoms with Crippen molar-refractivity contribution in [2.45, 2.75) is 38.7 Å². The molecule has 0 aliphatic rings. The number of halogens is 3. The van der Waals surface area contributed by atoms with E-state index < -0.39 is 18.4 Å². The molecule has 0 saturated carbocycles. The van der Waals surface area contributed by atoms with Crippen molar-refractivity contribution in [3.63, 3.8) is 0 Å². The molecule has 1 N–H and O–H groups in total. The first kappa shape index (κ1) is 11.7. The molecule has 0 saturated heterocycles. The van der Waals surface area contributed by atoms with Gasteiger partial charge in [0.2, 0.25) is 0 Å². The van der Waals surface area contributed by atoms with Gasteiger partial charge in [0.25, 0.3) is 0 Å². The van der Waals surface area contributed by atoms with E-state index in [1.165, 1.54) is 6.92 Å². The summed E-state index contributed by atoms with van der Waals surface area (Å²) in [5, 5.41) is 8.73. The zero-order valence-electron chi connectivity index (χ0n) is 7.06. The van der Waals surface area contributed by atoms with Crippen molar-refractivity contribution in [3.05, 3.63) is 0 Å². The van der Waals surface area contributed by atoms with Gasteiger partial charge in [-0.1, -0.05) is 6.92 Å². The summed E-state index contributed by atoms with van der Waals surface area (Å²) in [5.74, 6) is 0. The molecule has 5 heteroatoms. The van der Waals surface area contributed by atoms with Gasteiger partial charge in [0.1, 0.15) is 0 Å². The van der Waals surface area contributed by atoms with Crippen molar-refractivity contribution in [1.82, 2.24) is 0 Å². The second kappa shape index (κ2) is 4.67. The summed E-state index contributed by atoms with van der Waals surface area (Å²) in [6.07, 6.45) is -7.96. The van der Waals surface area contributed by atoms with Gasteiger partial charge in [-0.2, -0.15) is 13.2 Å². The molecule has 2 nitrogen and oxygen atoms in total. The highest BCUT2D eigenvalue weighted by atomic mass is 19.4. The van der Waals surface area contributed by atoms with Crippen LogP contribution >= 0.6 is 0 Å². The van der Waals surface area contributed by atoms with Crippen molar-refractivity contribution in [3.8, 4) is 0 Å². The molecule has 0 bridgehead atoms. The molecule has 2 unspecified atom stereocenters. The second-order valence-electron chi connectivity index (χ2n) is 2.39. The first-order valence-corrected chi connectivity index (χ1v) is 3.79. The summed E-state index contributed by atoms with van der Waals surface area (Å²) < 4.78 is 40.3. The Bertz CT molecular complexity index is 124. The van der Waals surface area contributed by atoms with E-state index in [1.54, 1.807) is 6.92 Å². The molecule has 0 aromatic heterocycles. The lowest BCUT2D eigenvalue weighted by molar-refractivity contribution is -0.236. The Labute approximate surface area is 69.3 Å². The van der Waals surface area contributed by atoms with Crippen LogP contribution in [-0.4, -0.2) is 30.1 Å². The summed E-state index contributed by atoms with van der Waals surface area (Å²) in [4.78, 5) is 0. The third kappa shape index (κ3) is 3.40. The van der Waals surface area contributed by atoms with Crippen molar-refractivity contribution in [2.24, 2.45) is 0 Å². The smallest absolute Gasteiger partial charge is 0.381 e. The first-order valence-electron chi connectivity index (χ1n) is 3.79. The Morgan fingerprint density at radius 1 is 1.33 bits per heavy atom. The SMILES string of the molecule is CCOC(CC)C(O)C(F)(F)F. The third-order valence-electron chi connectivity index (χ3n) is 1.47. The molecule has 0 rings (SSSR count). The summed E-state index contributed by atoms with van der Waals surface area (Å²) >= 11 is 0. The fraction of sp³-hybridized carbons (Fsp3) is 1.00. The van der Waals surface area contributed by atoms with E-state index in [1.807, 2.05) is 0 Å². The molecule has 0 aliphatic carbocycles. The van der Waals surface area contributed by atoms with Crippen LogP contribution < -0.4 is 0 Å². The minimum Gasteiger partial charge on any atom is -0.381 e. The highest BCUT2D eigenvalue weighted by molar-refractivity contribution is 4.74. The summed E-state index contributed by atoms with van der Waals surface area (Å²) in [6, 6.07) is 0. The molecule has 0 aliphatic heterocycles. The van der Waals surface area contributed by atoms with Crippen LogP contribution in [0.25, 0.3) is 0 Å². The van der Waals surface area contributed by atoms with E-state index in [-0.39, 0.29) is 13.0 Å². The monoisotopic (exact) mass is 186 g/mol. The minimum atomic E-state index is -4.59. The Morgan fingerprint density at radius 3 is 2.08 bits per heavy atom. The Hall–Kier alpha value is -0.290. The standard InChI is InChI=1S/C7H13F3O2/c1-3-5(12-4-2)6(11)7(8,9)10/h5-6,11H,3-4H2,1-2H3. The number of aliphatic hydroxyl groups is 1. The number of alkyl halides is 3. The largest absolute Gasteiger partial charge is 0.416 e. The number of hydrogen-bond donors (Lipinski definition) is 1. The predicted octanol–water partition coefficient (Wildman–Crippen LogP) is 1.72. The highest BCUT2D eigenvalue weighted by Crippen LogP contribution is 2.24. The maximum Gasteiger partial charge on any atom is 0.416 e. The summed E-state index contributed by atoms with van der Waals surface area (Å²) in [7, 11) is 0. The third-order valence-corrected chi connectivity index (χ3v) is 1.47. The van der Waals surface area contributed by atoms with Gasteiger partial charge < -0.3 is 9.84 Å². The zero-order valence-corrected chi connectivity index (χ0v) is 7.06. The molecule has 0 fully saturated rings. The molecular formula is C7H13F3O2. The predicted molar refractivity (Wildman–Crippen MR) is 37.8 cm³/mol. The second-order valence-corrected chi connectivity index (χ2v) is 2.39. The molecule has 2 atom stereocenters. The van der Waals surface area contributed by atoms with Crippen molar-refractivity contribution in [2.75, 3.05) is 6.61 Å². The van der Waals surface area contributed by atoms with Crippen LogP contribution in [0.3, 0.4) is 0 Å². The minimum absolute atomic E-state index is 0.147. The quantitative estimate of drug-likeness (QED) is 0.724. The fourth-order valence-corrected chi connectivity index (χ4v) is 0.857. The van der Waals surface area contributed by atoms with Gasteiger partial charge in [-0.05, 0) is 13.3 Å². The molecule has 0 spiro atoms. The van der Waals surface area contributed by atoms with E-state index in [0.717, 1.165) is 0 Å². The van der Waals surface area contributed by atoms with Gasteiger partial charge in [-0.3, -0.25) is 0 Å². The maximum atomic E-state index is 11.9.